The van der Waals surface area contributed by atoms with Gasteiger partial charge in [-0.15, -0.1) is 0 Å². The zero-order chi connectivity index (χ0) is 40.4. The second-order valence-corrected chi connectivity index (χ2v) is 14.3. The summed E-state index contributed by atoms with van der Waals surface area (Å²) in [5, 5.41) is 42.5. The van der Waals surface area contributed by atoms with Gasteiger partial charge in [0.2, 0.25) is 29.5 Å². The largest absolute Gasteiger partial charge is 0.508 e. The lowest BCUT2D eigenvalue weighted by atomic mass is 9.98. The van der Waals surface area contributed by atoms with Crippen molar-refractivity contribution in [1.29, 1.82) is 0 Å². The number of aliphatic hydroxyl groups excluding tert-OH is 1. The number of nitrogens with one attached hydrogen (secondary N) is 5. The average molecular weight is 768 g/mol. The van der Waals surface area contributed by atoms with Crippen molar-refractivity contribution in [3.8, 4) is 5.75 Å². The van der Waals surface area contributed by atoms with E-state index in [4.69, 9.17) is 17.2 Å². The lowest BCUT2D eigenvalue weighted by Crippen LogP contribution is -2.62. The van der Waals surface area contributed by atoms with Gasteiger partial charge >= 0.3 is 5.97 Å². The Bertz CT molecular complexity index is 1410. The van der Waals surface area contributed by atoms with Crippen LogP contribution in [0.2, 0.25) is 0 Å². The van der Waals surface area contributed by atoms with Crippen molar-refractivity contribution in [2.45, 2.75) is 103 Å². The van der Waals surface area contributed by atoms with E-state index in [1.165, 1.54) is 43.0 Å². The van der Waals surface area contributed by atoms with Gasteiger partial charge in [-0.1, -0.05) is 39.8 Å². The maximum absolute atomic E-state index is 13.9. The topological polar surface area (TPSA) is 314 Å². The van der Waals surface area contributed by atoms with E-state index >= 15 is 0 Å². The Labute approximate surface area is 314 Å². The number of aliphatic imine (C=N–C) groups is 1. The number of carbonyl (C=O) groups excluding carboxylic acids is 5. The van der Waals surface area contributed by atoms with Crippen LogP contribution in [0.15, 0.2) is 29.3 Å². The molecule has 0 aliphatic rings. The number of carbonyl (C=O) groups is 6. The SMILES string of the molecule is CSCC[C@H](NC(=O)[C@@H](NC(=O)[C@@H](NC(=O)[C@H](Cc1ccc(O)cc1)NC(=O)[C@@H](NC(=O)[C@@H](N)CCCN=C(N)N)[C@@H](C)O)C(C)C)C(C)C)C(=O)O. The van der Waals surface area contributed by atoms with Gasteiger partial charge in [-0.2, -0.15) is 11.8 Å². The number of benzene rings is 1. The highest BCUT2D eigenvalue weighted by Crippen LogP contribution is 2.14. The number of phenolic OH excluding ortho intramolecular Hbond substituents is 1. The Balaban J connectivity index is 3.26. The molecule has 18 nitrogen and oxygen atoms in total. The van der Waals surface area contributed by atoms with E-state index in [1.54, 1.807) is 34.0 Å². The molecule has 0 spiro atoms. The maximum Gasteiger partial charge on any atom is 0.326 e. The molecule has 0 unspecified atom stereocenters. The van der Waals surface area contributed by atoms with E-state index < -0.39 is 89.7 Å². The molecule has 7 atom stereocenters. The molecule has 0 bridgehead atoms. The molecule has 0 aromatic heterocycles. The fraction of sp³-hybridized carbons (Fsp3) is 0.618. The van der Waals surface area contributed by atoms with Crippen molar-refractivity contribution < 1.29 is 44.1 Å². The quantitative estimate of drug-likeness (QED) is 0.0336. The van der Waals surface area contributed by atoms with Gasteiger partial charge in [0.15, 0.2) is 5.96 Å². The summed E-state index contributed by atoms with van der Waals surface area (Å²) in [6.07, 6.45) is 0.964. The predicted octanol–water partition coefficient (Wildman–Crippen LogP) is -1.73. The van der Waals surface area contributed by atoms with Gasteiger partial charge in [0.1, 0.15) is 36.0 Å². The first-order valence-electron chi connectivity index (χ1n) is 17.3. The molecule has 0 aliphatic heterocycles. The molecule has 0 saturated carbocycles. The van der Waals surface area contributed by atoms with Gasteiger partial charge in [-0.3, -0.25) is 29.0 Å². The maximum atomic E-state index is 13.9. The fourth-order valence-electron chi connectivity index (χ4n) is 4.98. The zero-order valence-electron chi connectivity index (χ0n) is 31.1. The number of aromatic hydroxyl groups is 1. The van der Waals surface area contributed by atoms with Gasteiger partial charge in [0, 0.05) is 13.0 Å². The number of amides is 5. The highest BCUT2D eigenvalue weighted by molar-refractivity contribution is 7.98. The summed E-state index contributed by atoms with van der Waals surface area (Å²) >= 11 is 1.42. The van der Waals surface area contributed by atoms with E-state index in [-0.39, 0.29) is 37.5 Å². The molecule has 0 radical (unpaired) electrons. The normalized spacial score (nSPS) is 15.1. The van der Waals surface area contributed by atoms with Gasteiger partial charge in [-0.25, -0.2) is 4.79 Å². The number of thioether (sulfide) groups is 1. The third-order valence-electron chi connectivity index (χ3n) is 8.10. The van der Waals surface area contributed by atoms with Crippen LogP contribution in [0.1, 0.15) is 59.4 Å². The number of carboxylic acid groups (broad SMARTS) is 1. The number of hydrogen-bond donors (Lipinski definition) is 11. The lowest BCUT2D eigenvalue weighted by Gasteiger charge is -2.30. The molecule has 1 aromatic rings. The molecule has 0 heterocycles. The smallest absolute Gasteiger partial charge is 0.326 e. The molecule has 53 heavy (non-hydrogen) atoms. The number of carboxylic acids is 1. The number of rotatable bonds is 23. The summed E-state index contributed by atoms with van der Waals surface area (Å²) in [5.41, 5.74) is 17.1. The van der Waals surface area contributed by atoms with Crippen molar-refractivity contribution in [2.24, 2.45) is 34.0 Å². The second-order valence-electron chi connectivity index (χ2n) is 13.4. The second kappa shape index (κ2) is 23.1. The van der Waals surface area contributed by atoms with Crippen LogP contribution in [-0.4, -0.2) is 118 Å². The lowest BCUT2D eigenvalue weighted by molar-refractivity contribution is -0.142. The zero-order valence-corrected chi connectivity index (χ0v) is 31.9. The summed E-state index contributed by atoms with van der Waals surface area (Å²) < 4.78 is 0. The first-order valence-corrected chi connectivity index (χ1v) is 18.7. The molecule has 0 fully saturated rings. The molecule has 1 aromatic carbocycles. The number of nitrogens with zero attached hydrogens (tertiary/aromatic N) is 1. The Morgan fingerprint density at radius 3 is 1.72 bits per heavy atom. The number of guanidine groups is 1. The third-order valence-corrected chi connectivity index (χ3v) is 8.74. The molecular weight excluding hydrogens is 710 g/mol. The molecule has 298 valence electrons. The molecule has 0 saturated heterocycles. The van der Waals surface area contributed by atoms with E-state index in [9.17, 15) is 44.1 Å². The van der Waals surface area contributed by atoms with Crippen LogP contribution in [0.3, 0.4) is 0 Å². The molecule has 1 rings (SSSR count). The summed E-state index contributed by atoms with van der Waals surface area (Å²) in [7, 11) is 0. The van der Waals surface area contributed by atoms with Gasteiger partial charge in [0.25, 0.3) is 0 Å². The van der Waals surface area contributed by atoms with E-state index in [0.717, 1.165) is 0 Å². The van der Waals surface area contributed by atoms with E-state index in [1.807, 2.05) is 0 Å². The van der Waals surface area contributed by atoms with E-state index in [0.29, 0.717) is 17.7 Å². The van der Waals surface area contributed by atoms with Crippen LogP contribution in [0, 0.1) is 11.8 Å². The third kappa shape index (κ3) is 16.7. The minimum atomic E-state index is -1.53. The summed E-state index contributed by atoms with van der Waals surface area (Å²) in [6, 6.07) is -1.65. The van der Waals surface area contributed by atoms with Crippen molar-refractivity contribution in [1.82, 2.24) is 26.6 Å². The standard InChI is InChI=1S/C34H57N9O9S/c1-17(2)25(30(48)39-23(33(51)52)13-15-53-6)42-31(49)26(18(3)4)41-29(47)24(16-20-9-11-21(45)12-10-20)40-32(50)27(19(5)44)43-28(46)22(35)8-7-14-38-34(36)37/h9-12,17-19,22-27,44-45H,7-8,13-16,35H2,1-6H3,(H,39,48)(H,40,50)(H,41,47)(H,42,49)(H,43,46)(H,51,52)(H4,36,37,38)/t19-,22+,23+,24+,25+,26+,27+/m1/s1. The van der Waals surface area contributed by atoms with Crippen LogP contribution in [-0.2, 0) is 35.2 Å². The summed E-state index contributed by atoms with van der Waals surface area (Å²) in [4.78, 5) is 82.6. The molecule has 5 amide bonds. The Hall–Kier alpha value is -4.62. The Morgan fingerprint density at radius 2 is 1.23 bits per heavy atom. The number of aliphatic carboxylic acids is 1. The number of phenols is 1. The first-order chi connectivity index (χ1) is 24.8. The minimum absolute atomic E-state index is 0.0375. The Kier molecular flexibility index (Phi) is 20.3. The molecular formula is C34H57N9O9S. The highest BCUT2D eigenvalue weighted by atomic mass is 32.2. The first kappa shape index (κ1) is 46.4. The summed E-state index contributed by atoms with van der Waals surface area (Å²) in [5.74, 6) is -5.76. The summed E-state index contributed by atoms with van der Waals surface area (Å²) in [6.45, 7) is 8.15. The van der Waals surface area contributed by atoms with Crippen molar-refractivity contribution in [2.75, 3.05) is 18.6 Å². The highest BCUT2D eigenvalue weighted by Gasteiger charge is 2.35. The minimum Gasteiger partial charge on any atom is -0.508 e. The average Bonchev–Trinajstić information content (AvgIpc) is 3.07. The Morgan fingerprint density at radius 1 is 0.736 bits per heavy atom. The van der Waals surface area contributed by atoms with Crippen LogP contribution in [0.5, 0.6) is 5.75 Å². The van der Waals surface area contributed by atoms with Crippen molar-refractivity contribution >= 4 is 53.2 Å². The van der Waals surface area contributed by atoms with Crippen molar-refractivity contribution in [3.63, 3.8) is 0 Å². The van der Waals surface area contributed by atoms with Crippen LogP contribution in [0.4, 0.5) is 0 Å². The van der Waals surface area contributed by atoms with E-state index in [2.05, 4.69) is 31.6 Å². The fourth-order valence-corrected chi connectivity index (χ4v) is 5.45. The molecule has 19 heteroatoms. The molecule has 14 N–H and O–H groups in total. The monoisotopic (exact) mass is 767 g/mol. The molecule has 0 aliphatic carbocycles. The predicted molar refractivity (Wildman–Crippen MR) is 201 cm³/mol. The number of hydrogen-bond acceptors (Lipinski definition) is 11. The van der Waals surface area contributed by atoms with Crippen LogP contribution in [0.25, 0.3) is 0 Å². The van der Waals surface area contributed by atoms with Gasteiger partial charge < -0.3 is 59.1 Å². The number of aliphatic hydroxyl groups is 1. The van der Waals surface area contributed by atoms with Gasteiger partial charge in [-0.05, 0) is 67.7 Å². The van der Waals surface area contributed by atoms with Crippen LogP contribution >= 0.6 is 11.8 Å². The van der Waals surface area contributed by atoms with Gasteiger partial charge in [0.05, 0.1) is 12.1 Å². The van der Waals surface area contributed by atoms with Crippen molar-refractivity contribution in [3.05, 3.63) is 29.8 Å². The number of nitrogens with two attached hydrogens (primary N) is 3. The van der Waals surface area contributed by atoms with Crippen LogP contribution < -0.4 is 43.8 Å².